The van der Waals surface area contributed by atoms with Crippen molar-refractivity contribution in [2.45, 2.75) is 19.8 Å². The highest BCUT2D eigenvalue weighted by Crippen LogP contribution is 2.18. The van der Waals surface area contributed by atoms with E-state index in [-0.39, 0.29) is 0 Å². The smallest absolute Gasteiger partial charge is 0.104 e. The number of aliphatic imine (C=N–C) groups is 1. The van der Waals surface area contributed by atoms with E-state index in [0.717, 1.165) is 24.4 Å². The van der Waals surface area contributed by atoms with Gasteiger partial charge in [0.1, 0.15) is 11.9 Å². The third-order valence-corrected chi connectivity index (χ3v) is 2.26. The van der Waals surface area contributed by atoms with Crippen LogP contribution in [0.15, 0.2) is 29.3 Å². The van der Waals surface area contributed by atoms with Crippen molar-refractivity contribution in [2.24, 2.45) is 4.99 Å². The Morgan fingerprint density at radius 2 is 2.06 bits per heavy atom. The molecule has 0 radical (unpaired) electrons. The second-order valence-corrected chi connectivity index (χ2v) is 3.80. The number of hydrogen-bond donors (Lipinski definition) is 0. The first kappa shape index (κ1) is 12.3. The normalized spacial score (nSPS) is 11.0. The van der Waals surface area contributed by atoms with Crippen LogP contribution in [0, 0.1) is 11.3 Å². The minimum absolute atomic E-state index is 0.623. The van der Waals surface area contributed by atoms with Gasteiger partial charge in [0.15, 0.2) is 0 Å². The second-order valence-electron chi connectivity index (χ2n) is 3.80. The van der Waals surface area contributed by atoms with E-state index in [9.17, 15) is 0 Å². The molecule has 0 fully saturated rings. The molecule has 0 atom stereocenters. The van der Waals surface area contributed by atoms with Gasteiger partial charge in [0.2, 0.25) is 0 Å². The summed E-state index contributed by atoms with van der Waals surface area (Å²) in [4.78, 5) is 6.54. The summed E-state index contributed by atoms with van der Waals surface area (Å²) >= 11 is 0. The molecule has 16 heavy (non-hydrogen) atoms. The molecule has 1 aromatic rings. The number of amidine groups is 1. The number of benzene rings is 1. The molecule has 0 saturated carbocycles. The maximum Gasteiger partial charge on any atom is 0.104 e. The minimum atomic E-state index is 0.623. The van der Waals surface area contributed by atoms with E-state index >= 15 is 0 Å². The van der Waals surface area contributed by atoms with E-state index in [1.807, 2.05) is 37.2 Å². The Kier molecular flexibility index (Phi) is 4.53. The van der Waals surface area contributed by atoms with Crippen molar-refractivity contribution in [1.82, 2.24) is 4.90 Å². The lowest BCUT2D eigenvalue weighted by Gasteiger charge is -2.15. The van der Waals surface area contributed by atoms with Crippen molar-refractivity contribution < 1.29 is 0 Å². The molecule has 0 heterocycles. The van der Waals surface area contributed by atoms with Gasteiger partial charge in [0, 0.05) is 20.5 Å². The van der Waals surface area contributed by atoms with E-state index in [0.29, 0.717) is 5.56 Å². The summed E-state index contributed by atoms with van der Waals surface area (Å²) in [6, 6.07) is 9.57. The Hall–Kier alpha value is -1.82. The monoisotopic (exact) mass is 215 g/mol. The zero-order chi connectivity index (χ0) is 12.0. The van der Waals surface area contributed by atoms with Gasteiger partial charge in [0.05, 0.1) is 11.3 Å². The molecule has 84 valence electrons. The summed E-state index contributed by atoms with van der Waals surface area (Å²) in [5, 5.41) is 8.97. The van der Waals surface area contributed by atoms with Crippen LogP contribution >= 0.6 is 0 Å². The lowest BCUT2D eigenvalue weighted by molar-refractivity contribution is 0.600. The fraction of sp³-hybridized carbons (Fsp3) is 0.385. The van der Waals surface area contributed by atoms with Crippen molar-refractivity contribution in [3.63, 3.8) is 0 Å². The first-order valence-corrected chi connectivity index (χ1v) is 5.43. The molecule has 0 amide bonds. The van der Waals surface area contributed by atoms with Crippen LogP contribution in [0.5, 0.6) is 0 Å². The third-order valence-electron chi connectivity index (χ3n) is 2.26. The summed E-state index contributed by atoms with van der Waals surface area (Å²) in [6.45, 7) is 2.12. The number of nitrogens with zero attached hydrogens (tertiary/aromatic N) is 3. The van der Waals surface area contributed by atoms with Gasteiger partial charge >= 0.3 is 0 Å². The predicted molar refractivity (Wildman–Crippen MR) is 66.8 cm³/mol. The molecule has 0 spiro atoms. The van der Waals surface area contributed by atoms with Crippen LogP contribution in [0.1, 0.15) is 25.3 Å². The van der Waals surface area contributed by atoms with Gasteiger partial charge in [-0.15, -0.1) is 0 Å². The van der Waals surface area contributed by atoms with Crippen molar-refractivity contribution in [1.29, 1.82) is 5.26 Å². The van der Waals surface area contributed by atoms with E-state index in [4.69, 9.17) is 5.26 Å². The molecular formula is C13H17N3. The molecule has 3 heteroatoms. The molecular weight excluding hydrogens is 198 g/mol. The van der Waals surface area contributed by atoms with E-state index in [2.05, 4.69) is 18.0 Å². The van der Waals surface area contributed by atoms with Gasteiger partial charge in [-0.1, -0.05) is 19.1 Å². The SMILES string of the molecule is CCCC(=Nc1ccccc1C#N)N(C)C. The summed E-state index contributed by atoms with van der Waals surface area (Å²) in [6.07, 6.45) is 1.97. The van der Waals surface area contributed by atoms with Gasteiger partial charge in [-0.05, 0) is 18.6 Å². The molecule has 1 rings (SSSR count). The Balaban J connectivity index is 3.08. The van der Waals surface area contributed by atoms with Crippen LogP contribution in [-0.4, -0.2) is 24.8 Å². The van der Waals surface area contributed by atoms with Crippen molar-refractivity contribution in [3.8, 4) is 6.07 Å². The highest BCUT2D eigenvalue weighted by molar-refractivity contribution is 5.85. The van der Waals surface area contributed by atoms with Crippen molar-refractivity contribution >= 4 is 11.5 Å². The lowest BCUT2D eigenvalue weighted by atomic mass is 10.2. The second kappa shape index (κ2) is 5.92. The zero-order valence-corrected chi connectivity index (χ0v) is 10.1. The van der Waals surface area contributed by atoms with Gasteiger partial charge in [-0.25, -0.2) is 4.99 Å². The summed E-state index contributed by atoms with van der Waals surface area (Å²) < 4.78 is 0. The molecule has 0 aliphatic heterocycles. The number of rotatable bonds is 3. The fourth-order valence-electron chi connectivity index (χ4n) is 1.41. The topological polar surface area (TPSA) is 39.4 Å². The van der Waals surface area contributed by atoms with Crippen molar-refractivity contribution in [3.05, 3.63) is 29.8 Å². The highest BCUT2D eigenvalue weighted by Gasteiger charge is 2.03. The van der Waals surface area contributed by atoms with Crippen LogP contribution in [0.3, 0.4) is 0 Å². The Morgan fingerprint density at radius 1 is 1.38 bits per heavy atom. The van der Waals surface area contributed by atoms with Crippen LogP contribution < -0.4 is 0 Å². The molecule has 0 aliphatic rings. The third kappa shape index (κ3) is 3.09. The van der Waals surface area contributed by atoms with Crippen LogP contribution in [0.2, 0.25) is 0 Å². The molecule has 3 nitrogen and oxygen atoms in total. The Bertz CT molecular complexity index is 413. The first-order chi connectivity index (χ1) is 7.69. The average Bonchev–Trinajstić information content (AvgIpc) is 2.29. The van der Waals surface area contributed by atoms with Crippen LogP contribution in [0.25, 0.3) is 0 Å². The molecule has 0 unspecified atom stereocenters. The molecule has 0 saturated heterocycles. The van der Waals surface area contributed by atoms with Gasteiger partial charge < -0.3 is 4.90 Å². The number of nitriles is 1. The number of para-hydroxylation sites is 1. The highest BCUT2D eigenvalue weighted by atomic mass is 15.1. The molecule has 0 bridgehead atoms. The van der Waals surface area contributed by atoms with Crippen LogP contribution in [-0.2, 0) is 0 Å². The number of hydrogen-bond acceptors (Lipinski definition) is 2. The first-order valence-electron chi connectivity index (χ1n) is 5.43. The standard InChI is InChI=1S/C13H17N3/c1-4-7-13(16(2)3)15-12-9-6-5-8-11(12)10-14/h5-6,8-9H,4,7H2,1-3H3. The predicted octanol–water partition coefficient (Wildman–Crippen LogP) is 2.95. The van der Waals surface area contributed by atoms with Crippen LogP contribution in [0.4, 0.5) is 5.69 Å². The molecule has 0 aliphatic carbocycles. The Labute approximate surface area is 97.0 Å². The maximum absolute atomic E-state index is 8.97. The largest absolute Gasteiger partial charge is 0.366 e. The van der Waals surface area contributed by atoms with E-state index < -0.39 is 0 Å². The lowest BCUT2D eigenvalue weighted by Crippen LogP contribution is -2.21. The average molecular weight is 215 g/mol. The Morgan fingerprint density at radius 3 is 2.62 bits per heavy atom. The van der Waals surface area contributed by atoms with Gasteiger partial charge in [-0.3, -0.25) is 0 Å². The summed E-state index contributed by atoms with van der Waals surface area (Å²) in [7, 11) is 3.95. The van der Waals surface area contributed by atoms with Gasteiger partial charge in [-0.2, -0.15) is 5.26 Å². The maximum atomic E-state index is 8.97. The molecule has 0 N–H and O–H groups in total. The van der Waals surface area contributed by atoms with E-state index in [1.165, 1.54) is 0 Å². The molecule has 0 aromatic heterocycles. The van der Waals surface area contributed by atoms with E-state index in [1.54, 1.807) is 6.07 Å². The zero-order valence-electron chi connectivity index (χ0n) is 10.1. The minimum Gasteiger partial charge on any atom is -0.366 e. The van der Waals surface area contributed by atoms with Gasteiger partial charge in [0.25, 0.3) is 0 Å². The summed E-state index contributed by atoms with van der Waals surface area (Å²) in [5.41, 5.74) is 1.38. The quantitative estimate of drug-likeness (QED) is 0.574. The van der Waals surface area contributed by atoms with Crippen molar-refractivity contribution in [2.75, 3.05) is 14.1 Å². The fourth-order valence-corrected chi connectivity index (χ4v) is 1.41. The summed E-state index contributed by atoms with van der Waals surface area (Å²) in [5.74, 6) is 1.00. The molecule has 1 aromatic carbocycles.